The van der Waals surface area contributed by atoms with Crippen molar-refractivity contribution in [1.82, 2.24) is 20.3 Å². The van der Waals surface area contributed by atoms with Gasteiger partial charge in [-0.15, -0.1) is 10.2 Å². The first-order valence-corrected chi connectivity index (χ1v) is 6.67. The van der Waals surface area contributed by atoms with Crippen molar-refractivity contribution >= 4 is 17.7 Å². The largest absolute Gasteiger partial charge is 0.476 e. The minimum absolute atomic E-state index is 0.0946. The number of amides is 1. The van der Waals surface area contributed by atoms with Crippen LogP contribution in [0.25, 0.3) is 0 Å². The van der Waals surface area contributed by atoms with Gasteiger partial charge in [0.05, 0.1) is 6.20 Å². The molecule has 0 bridgehead atoms. The van der Waals surface area contributed by atoms with Gasteiger partial charge in [-0.2, -0.15) is 0 Å². The van der Waals surface area contributed by atoms with Crippen LogP contribution in [0.2, 0.25) is 0 Å². The Morgan fingerprint density at radius 1 is 1.09 bits per heavy atom. The molecule has 0 spiro atoms. The molecule has 0 saturated carbocycles. The molecule has 1 fully saturated rings. The first kappa shape index (κ1) is 14.0. The molecule has 9 nitrogen and oxygen atoms in total. The first-order chi connectivity index (χ1) is 10.6. The maximum Gasteiger partial charge on any atom is 0.356 e. The van der Waals surface area contributed by atoms with Gasteiger partial charge in [0, 0.05) is 32.2 Å². The Labute approximate surface area is 125 Å². The molecule has 0 unspecified atom stereocenters. The van der Waals surface area contributed by atoms with E-state index in [0.717, 1.165) is 0 Å². The van der Waals surface area contributed by atoms with Gasteiger partial charge in [0.15, 0.2) is 11.5 Å². The van der Waals surface area contributed by atoms with E-state index in [1.54, 1.807) is 11.0 Å². The van der Waals surface area contributed by atoms with Crippen LogP contribution in [0.15, 0.2) is 28.9 Å². The fraction of sp³-hybridized carbons (Fsp3) is 0.308. The van der Waals surface area contributed by atoms with Crippen LogP contribution in [0.5, 0.6) is 0 Å². The van der Waals surface area contributed by atoms with Crippen LogP contribution in [0, 0.1) is 0 Å². The Balaban J connectivity index is 1.62. The van der Waals surface area contributed by atoms with Crippen molar-refractivity contribution in [3.63, 3.8) is 0 Å². The molecule has 3 heterocycles. The molecule has 2 aromatic rings. The van der Waals surface area contributed by atoms with Crippen molar-refractivity contribution in [1.29, 1.82) is 0 Å². The summed E-state index contributed by atoms with van der Waals surface area (Å²) in [5, 5.41) is 19.9. The van der Waals surface area contributed by atoms with Gasteiger partial charge >= 0.3 is 5.97 Å². The summed E-state index contributed by atoms with van der Waals surface area (Å²) >= 11 is 0. The van der Waals surface area contributed by atoms with Crippen LogP contribution in [0.4, 0.5) is 5.82 Å². The van der Waals surface area contributed by atoms with E-state index in [-0.39, 0.29) is 17.4 Å². The van der Waals surface area contributed by atoms with Crippen molar-refractivity contribution in [3.05, 3.63) is 35.9 Å². The van der Waals surface area contributed by atoms with Crippen molar-refractivity contribution < 1.29 is 19.2 Å². The molecule has 114 valence electrons. The van der Waals surface area contributed by atoms with Gasteiger partial charge < -0.3 is 19.4 Å². The Kier molecular flexibility index (Phi) is 3.69. The monoisotopic (exact) mass is 303 g/mol. The van der Waals surface area contributed by atoms with Crippen molar-refractivity contribution in [2.75, 3.05) is 31.1 Å². The van der Waals surface area contributed by atoms with Crippen molar-refractivity contribution in [2.45, 2.75) is 0 Å². The lowest BCUT2D eigenvalue weighted by Gasteiger charge is -2.34. The second kappa shape index (κ2) is 5.80. The summed E-state index contributed by atoms with van der Waals surface area (Å²) in [6.07, 6.45) is 1.43. The lowest BCUT2D eigenvalue weighted by molar-refractivity contribution is 0.0684. The van der Waals surface area contributed by atoms with Gasteiger partial charge in [0.2, 0.25) is 5.76 Å². The van der Waals surface area contributed by atoms with Crippen LogP contribution in [0.3, 0.4) is 0 Å². The van der Waals surface area contributed by atoms with E-state index < -0.39 is 5.97 Å². The third kappa shape index (κ3) is 2.73. The molecule has 22 heavy (non-hydrogen) atoms. The Bertz CT molecular complexity index is 662. The van der Waals surface area contributed by atoms with Crippen LogP contribution in [-0.2, 0) is 0 Å². The average molecular weight is 303 g/mol. The number of carboxylic acids is 1. The molecule has 9 heteroatoms. The number of anilines is 1. The molecular formula is C13H13N5O4. The van der Waals surface area contributed by atoms with Crippen LogP contribution in [0.1, 0.15) is 21.0 Å². The molecule has 1 aliphatic rings. The number of carboxylic acid groups (broad SMARTS) is 1. The number of piperazine rings is 1. The molecule has 0 atom stereocenters. The molecular weight excluding hydrogens is 290 g/mol. The van der Waals surface area contributed by atoms with Gasteiger partial charge in [-0.1, -0.05) is 5.16 Å². The topological polar surface area (TPSA) is 113 Å². The Hall–Kier alpha value is -2.97. The number of rotatable bonds is 3. The Morgan fingerprint density at radius 2 is 1.86 bits per heavy atom. The summed E-state index contributed by atoms with van der Waals surface area (Å²) < 4.78 is 4.86. The lowest BCUT2D eigenvalue weighted by Crippen LogP contribution is -2.49. The van der Waals surface area contributed by atoms with E-state index >= 15 is 0 Å². The number of nitrogens with zero attached hydrogens (tertiary/aromatic N) is 5. The van der Waals surface area contributed by atoms with Gasteiger partial charge in [0.1, 0.15) is 0 Å². The number of aromatic nitrogens is 3. The number of carbonyl (C=O) groups excluding carboxylic acids is 1. The summed E-state index contributed by atoms with van der Waals surface area (Å²) in [6.45, 7) is 2.20. The highest BCUT2D eigenvalue weighted by atomic mass is 16.5. The molecule has 1 saturated heterocycles. The minimum atomic E-state index is -1.11. The highest BCUT2D eigenvalue weighted by molar-refractivity contribution is 5.91. The number of hydrogen-bond donors (Lipinski definition) is 1. The molecule has 0 radical (unpaired) electrons. The van der Waals surface area contributed by atoms with Gasteiger partial charge in [0.25, 0.3) is 5.91 Å². The van der Waals surface area contributed by atoms with E-state index in [1.165, 1.54) is 18.3 Å². The van der Waals surface area contributed by atoms with E-state index in [2.05, 4.69) is 15.4 Å². The first-order valence-electron chi connectivity index (χ1n) is 6.67. The molecule has 0 aliphatic carbocycles. The standard InChI is InChI=1S/C13H13N5O4/c19-12(10-3-4-14-22-10)18-7-5-17(6-8-18)11-2-1-9(13(20)21)15-16-11/h1-4H,5-8H2,(H,20,21). The normalized spacial score (nSPS) is 14.9. The van der Waals surface area contributed by atoms with Crippen molar-refractivity contribution in [2.24, 2.45) is 0 Å². The lowest BCUT2D eigenvalue weighted by atomic mass is 10.2. The maximum atomic E-state index is 12.1. The predicted octanol–water partition coefficient (Wildman–Crippen LogP) is 0.125. The van der Waals surface area contributed by atoms with Gasteiger partial charge in [-0.05, 0) is 12.1 Å². The fourth-order valence-corrected chi connectivity index (χ4v) is 2.23. The number of aromatic carboxylic acids is 1. The van der Waals surface area contributed by atoms with E-state index in [1.807, 2.05) is 4.90 Å². The molecule has 0 aromatic carbocycles. The van der Waals surface area contributed by atoms with Crippen LogP contribution in [-0.4, -0.2) is 63.4 Å². The van der Waals surface area contributed by atoms with Gasteiger partial charge in [-0.25, -0.2) is 4.79 Å². The van der Waals surface area contributed by atoms with Crippen LogP contribution >= 0.6 is 0 Å². The maximum absolute atomic E-state index is 12.1. The van der Waals surface area contributed by atoms with Gasteiger partial charge in [-0.3, -0.25) is 4.79 Å². The second-order valence-electron chi connectivity index (χ2n) is 4.74. The summed E-state index contributed by atoms with van der Waals surface area (Å²) in [5.41, 5.74) is -0.0946. The van der Waals surface area contributed by atoms with Crippen molar-refractivity contribution in [3.8, 4) is 0 Å². The van der Waals surface area contributed by atoms with Crippen LogP contribution < -0.4 is 4.90 Å². The summed E-state index contributed by atoms with van der Waals surface area (Å²) in [7, 11) is 0. The minimum Gasteiger partial charge on any atom is -0.476 e. The zero-order chi connectivity index (χ0) is 15.5. The smallest absolute Gasteiger partial charge is 0.356 e. The third-order valence-electron chi connectivity index (χ3n) is 3.41. The highest BCUT2D eigenvalue weighted by Gasteiger charge is 2.25. The summed E-state index contributed by atoms with van der Waals surface area (Å²) in [4.78, 5) is 26.5. The number of carbonyl (C=O) groups is 2. The predicted molar refractivity (Wildman–Crippen MR) is 73.6 cm³/mol. The molecule has 1 aliphatic heterocycles. The van der Waals surface area contributed by atoms with E-state index in [4.69, 9.17) is 9.63 Å². The number of hydrogen-bond acceptors (Lipinski definition) is 7. The molecule has 1 N–H and O–H groups in total. The average Bonchev–Trinajstić information content (AvgIpc) is 3.09. The second-order valence-corrected chi connectivity index (χ2v) is 4.74. The summed E-state index contributed by atoms with van der Waals surface area (Å²) in [5.74, 6) is -0.484. The Morgan fingerprint density at radius 3 is 2.41 bits per heavy atom. The summed E-state index contributed by atoms with van der Waals surface area (Å²) in [6, 6.07) is 4.56. The zero-order valence-electron chi connectivity index (χ0n) is 11.5. The quantitative estimate of drug-likeness (QED) is 0.851. The highest BCUT2D eigenvalue weighted by Crippen LogP contribution is 2.14. The third-order valence-corrected chi connectivity index (χ3v) is 3.41. The fourth-order valence-electron chi connectivity index (χ4n) is 2.23. The molecule has 2 aromatic heterocycles. The zero-order valence-corrected chi connectivity index (χ0v) is 11.5. The van der Waals surface area contributed by atoms with E-state index in [9.17, 15) is 9.59 Å². The van der Waals surface area contributed by atoms with E-state index in [0.29, 0.717) is 32.0 Å². The molecule has 3 rings (SSSR count). The SMILES string of the molecule is O=C(O)c1ccc(N2CCN(C(=O)c3ccno3)CC2)nn1. The molecule has 1 amide bonds.